The van der Waals surface area contributed by atoms with Crippen LogP contribution in [0, 0.1) is 5.41 Å². The second kappa shape index (κ2) is 2.62. The van der Waals surface area contributed by atoms with E-state index in [0.29, 0.717) is 11.2 Å². The van der Waals surface area contributed by atoms with Crippen molar-refractivity contribution in [2.75, 3.05) is 23.7 Å². The van der Waals surface area contributed by atoms with E-state index in [4.69, 9.17) is 5.73 Å². The molecule has 2 heterocycles. The van der Waals surface area contributed by atoms with E-state index in [1.165, 1.54) is 5.69 Å². The van der Waals surface area contributed by atoms with E-state index in [9.17, 15) is 0 Å². The van der Waals surface area contributed by atoms with Gasteiger partial charge in [0.05, 0.1) is 11.9 Å². The Kier molecular flexibility index (Phi) is 1.68. The Hall–Kier alpha value is -1.25. The topological polar surface area (TPSA) is 42.1 Å². The molecule has 1 fully saturated rings. The summed E-state index contributed by atoms with van der Waals surface area (Å²) in [6.07, 6.45) is 1.84. The normalized spacial score (nSPS) is 19.7. The lowest BCUT2D eigenvalue weighted by Crippen LogP contribution is -2.53. The van der Waals surface area contributed by atoms with Crippen LogP contribution in [0.2, 0.25) is 0 Å². The lowest BCUT2D eigenvalue weighted by molar-refractivity contribution is 0.276. The van der Waals surface area contributed by atoms with Crippen LogP contribution in [0.1, 0.15) is 13.8 Å². The van der Waals surface area contributed by atoms with Crippen LogP contribution in [0.4, 0.5) is 11.5 Å². The lowest BCUT2D eigenvalue weighted by Gasteiger charge is -2.47. The highest BCUT2D eigenvalue weighted by atomic mass is 15.2. The van der Waals surface area contributed by atoms with Gasteiger partial charge in [0.15, 0.2) is 0 Å². The molecule has 0 bridgehead atoms. The molecule has 0 amide bonds. The van der Waals surface area contributed by atoms with Gasteiger partial charge in [-0.1, -0.05) is 13.8 Å². The highest BCUT2D eigenvalue weighted by molar-refractivity contribution is 5.50. The van der Waals surface area contributed by atoms with E-state index in [0.717, 1.165) is 13.1 Å². The summed E-state index contributed by atoms with van der Waals surface area (Å²) in [6, 6.07) is 3.87. The Labute approximate surface area is 78.6 Å². The molecular formula is C10H15N3. The first-order valence-electron chi connectivity index (χ1n) is 4.53. The molecule has 1 saturated heterocycles. The molecule has 3 heteroatoms. The molecule has 2 rings (SSSR count). The van der Waals surface area contributed by atoms with E-state index in [1.807, 2.05) is 18.3 Å². The Balaban J connectivity index is 2.08. The summed E-state index contributed by atoms with van der Waals surface area (Å²) in [4.78, 5) is 6.38. The molecule has 1 aromatic rings. The zero-order valence-electron chi connectivity index (χ0n) is 8.12. The molecule has 1 aromatic heterocycles. The Morgan fingerprint density at radius 2 is 2.08 bits per heavy atom. The van der Waals surface area contributed by atoms with E-state index in [1.54, 1.807) is 0 Å². The van der Waals surface area contributed by atoms with Crippen molar-refractivity contribution < 1.29 is 0 Å². The molecule has 2 N–H and O–H groups in total. The molecule has 0 saturated carbocycles. The van der Waals surface area contributed by atoms with E-state index in [-0.39, 0.29) is 0 Å². The van der Waals surface area contributed by atoms with E-state index in [2.05, 4.69) is 23.7 Å². The highest BCUT2D eigenvalue weighted by Gasteiger charge is 2.34. The molecule has 0 aromatic carbocycles. The number of nitrogen functional groups attached to an aromatic ring is 1. The van der Waals surface area contributed by atoms with Crippen LogP contribution in [0.25, 0.3) is 0 Å². The molecule has 0 unspecified atom stereocenters. The maximum Gasteiger partial charge on any atom is 0.123 e. The van der Waals surface area contributed by atoms with Gasteiger partial charge in [-0.25, -0.2) is 4.98 Å². The van der Waals surface area contributed by atoms with Gasteiger partial charge in [0.25, 0.3) is 0 Å². The quantitative estimate of drug-likeness (QED) is 0.707. The van der Waals surface area contributed by atoms with Crippen LogP contribution in [-0.4, -0.2) is 18.1 Å². The third kappa shape index (κ3) is 1.59. The molecule has 1 aliphatic heterocycles. The van der Waals surface area contributed by atoms with Crippen molar-refractivity contribution in [3.05, 3.63) is 18.3 Å². The zero-order valence-corrected chi connectivity index (χ0v) is 8.12. The van der Waals surface area contributed by atoms with Crippen molar-refractivity contribution in [3.8, 4) is 0 Å². The highest BCUT2D eigenvalue weighted by Crippen LogP contribution is 2.32. The maximum atomic E-state index is 5.51. The molecular weight excluding hydrogens is 162 g/mol. The van der Waals surface area contributed by atoms with Crippen molar-refractivity contribution in [1.82, 2.24) is 4.98 Å². The number of hydrogen-bond donors (Lipinski definition) is 1. The Morgan fingerprint density at radius 3 is 2.54 bits per heavy atom. The summed E-state index contributed by atoms with van der Waals surface area (Å²) in [5, 5.41) is 0. The SMILES string of the molecule is CC1(C)CN(c2ccc(N)nc2)C1. The molecule has 0 spiro atoms. The predicted octanol–water partition coefficient (Wildman–Crippen LogP) is 1.51. The average Bonchev–Trinajstić information content (AvgIpc) is 2.01. The summed E-state index contributed by atoms with van der Waals surface area (Å²) >= 11 is 0. The van der Waals surface area contributed by atoms with Gasteiger partial charge in [-0.3, -0.25) is 0 Å². The maximum absolute atomic E-state index is 5.51. The second-order valence-electron chi connectivity index (χ2n) is 4.46. The van der Waals surface area contributed by atoms with E-state index >= 15 is 0 Å². The van der Waals surface area contributed by atoms with Crippen LogP contribution in [-0.2, 0) is 0 Å². The first-order valence-corrected chi connectivity index (χ1v) is 4.53. The third-order valence-corrected chi connectivity index (χ3v) is 2.37. The van der Waals surface area contributed by atoms with Crippen LogP contribution in [0.3, 0.4) is 0 Å². The van der Waals surface area contributed by atoms with Gasteiger partial charge in [-0.15, -0.1) is 0 Å². The third-order valence-electron chi connectivity index (χ3n) is 2.37. The van der Waals surface area contributed by atoms with Crippen molar-refractivity contribution in [3.63, 3.8) is 0 Å². The zero-order chi connectivity index (χ0) is 9.47. The van der Waals surface area contributed by atoms with Crippen molar-refractivity contribution in [2.45, 2.75) is 13.8 Å². The molecule has 0 atom stereocenters. The number of anilines is 2. The van der Waals surface area contributed by atoms with E-state index < -0.39 is 0 Å². The van der Waals surface area contributed by atoms with Gasteiger partial charge in [0.1, 0.15) is 5.82 Å². The number of rotatable bonds is 1. The smallest absolute Gasteiger partial charge is 0.123 e. The number of nitrogens with zero attached hydrogens (tertiary/aromatic N) is 2. The number of hydrogen-bond acceptors (Lipinski definition) is 3. The van der Waals surface area contributed by atoms with Crippen molar-refractivity contribution >= 4 is 11.5 Å². The molecule has 3 nitrogen and oxygen atoms in total. The summed E-state index contributed by atoms with van der Waals surface area (Å²) < 4.78 is 0. The standard InChI is InChI=1S/C10H15N3/c1-10(2)6-13(7-10)8-3-4-9(11)12-5-8/h3-5H,6-7H2,1-2H3,(H2,11,12). The molecule has 1 aliphatic rings. The molecule has 70 valence electrons. The molecule has 13 heavy (non-hydrogen) atoms. The Morgan fingerprint density at radius 1 is 1.38 bits per heavy atom. The minimum absolute atomic E-state index is 0.460. The fraction of sp³-hybridized carbons (Fsp3) is 0.500. The number of aromatic nitrogens is 1. The fourth-order valence-corrected chi connectivity index (χ4v) is 1.75. The summed E-state index contributed by atoms with van der Waals surface area (Å²) in [6.45, 7) is 6.76. The van der Waals surface area contributed by atoms with Crippen LogP contribution in [0.15, 0.2) is 18.3 Å². The Bertz CT molecular complexity index is 294. The van der Waals surface area contributed by atoms with Crippen LogP contribution in [0.5, 0.6) is 0 Å². The fourth-order valence-electron chi connectivity index (χ4n) is 1.75. The average molecular weight is 177 g/mol. The minimum Gasteiger partial charge on any atom is -0.384 e. The van der Waals surface area contributed by atoms with Gasteiger partial charge >= 0.3 is 0 Å². The lowest BCUT2D eigenvalue weighted by atomic mass is 9.84. The first kappa shape index (κ1) is 8.35. The summed E-state index contributed by atoms with van der Waals surface area (Å²) in [5.41, 5.74) is 7.14. The number of nitrogens with two attached hydrogens (primary N) is 1. The van der Waals surface area contributed by atoms with Gasteiger partial charge < -0.3 is 10.6 Å². The van der Waals surface area contributed by atoms with Gasteiger partial charge in [0, 0.05) is 13.1 Å². The van der Waals surface area contributed by atoms with Crippen LogP contribution < -0.4 is 10.6 Å². The largest absolute Gasteiger partial charge is 0.384 e. The summed E-state index contributed by atoms with van der Waals surface area (Å²) in [7, 11) is 0. The molecule has 0 radical (unpaired) electrons. The monoisotopic (exact) mass is 177 g/mol. The van der Waals surface area contributed by atoms with Gasteiger partial charge in [-0.05, 0) is 17.5 Å². The van der Waals surface area contributed by atoms with Crippen molar-refractivity contribution in [1.29, 1.82) is 0 Å². The van der Waals surface area contributed by atoms with Gasteiger partial charge in [0.2, 0.25) is 0 Å². The first-order chi connectivity index (χ1) is 6.07. The number of pyridine rings is 1. The second-order valence-corrected chi connectivity index (χ2v) is 4.46. The molecule has 0 aliphatic carbocycles. The summed E-state index contributed by atoms with van der Waals surface area (Å²) in [5.74, 6) is 0.587. The van der Waals surface area contributed by atoms with Gasteiger partial charge in [-0.2, -0.15) is 0 Å². The van der Waals surface area contributed by atoms with Crippen molar-refractivity contribution in [2.24, 2.45) is 5.41 Å². The minimum atomic E-state index is 0.460. The predicted molar refractivity (Wildman–Crippen MR) is 54.6 cm³/mol. The van der Waals surface area contributed by atoms with Crippen LogP contribution >= 0.6 is 0 Å².